The summed E-state index contributed by atoms with van der Waals surface area (Å²) >= 11 is 0. The van der Waals surface area contributed by atoms with Crippen molar-refractivity contribution in [2.24, 2.45) is 0 Å². The van der Waals surface area contributed by atoms with Gasteiger partial charge in [0.25, 0.3) is 11.6 Å². The quantitative estimate of drug-likeness (QED) is 0.339. The lowest BCUT2D eigenvalue weighted by molar-refractivity contribution is -0.384. The molecule has 1 amide bonds. The molecule has 1 atom stereocenters. The second kappa shape index (κ2) is 9.31. The van der Waals surface area contributed by atoms with E-state index in [1.165, 1.54) is 38.3 Å². The van der Waals surface area contributed by atoms with Gasteiger partial charge in [-0.15, -0.1) is 0 Å². The number of carbonyl (C=O) groups excluding carboxylic acids is 2. The van der Waals surface area contributed by atoms with E-state index in [0.29, 0.717) is 0 Å². The Morgan fingerprint density at radius 3 is 2.61 bits per heavy atom. The molecule has 28 heavy (non-hydrogen) atoms. The van der Waals surface area contributed by atoms with E-state index in [4.69, 9.17) is 9.47 Å². The van der Waals surface area contributed by atoms with Gasteiger partial charge in [-0.1, -0.05) is 29.8 Å². The Kier molecular flexibility index (Phi) is 6.86. The summed E-state index contributed by atoms with van der Waals surface area (Å²) < 4.78 is 9.99. The van der Waals surface area contributed by atoms with Crippen molar-refractivity contribution in [2.75, 3.05) is 12.4 Å². The number of benzene rings is 2. The van der Waals surface area contributed by atoms with Crippen LogP contribution in [0.25, 0.3) is 6.08 Å². The maximum Gasteiger partial charge on any atom is 0.331 e. The molecule has 0 aliphatic heterocycles. The summed E-state index contributed by atoms with van der Waals surface area (Å²) in [6.07, 6.45) is 1.65. The normalized spacial score (nSPS) is 11.7. The second-order valence-electron chi connectivity index (χ2n) is 5.96. The molecule has 0 unspecified atom stereocenters. The van der Waals surface area contributed by atoms with Crippen LogP contribution in [0, 0.1) is 17.0 Å². The molecule has 0 heterocycles. The molecule has 146 valence electrons. The van der Waals surface area contributed by atoms with E-state index in [0.717, 1.165) is 11.1 Å². The van der Waals surface area contributed by atoms with Gasteiger partial charge in [-0.3, -0.25) is 14.9 Å². The summed E-state index contributed by atoms with van der Waals surface area (Å²) in [5, 5.41) is 13.6. The summed E-state index contributed by atoms with van der Waals surface area (Å²) in [5.74, 6) is -1.11. The Bertz CT molecular complexity index is 923. The Labute approximate surface area is 161 Å². The van der Waals surface area contributed by atoms with Crippen LogP contribution in [0.2, 0.25) is 0 Å². The Morgan fingerprint density at radius 1 is 1.21 bits per heavy atom. The highest BCUT2D eigenvalue weighted by atomic mass is 16.6. The van der Waals surface area contributed by atoms with E-state index < -0.39 is 22.9 Å². The highest BCUT2D eigenvalue weighted by Crippen LogP contribution is 2.29. The fourth-order valence-electron chi connectivity index (χ4n) is 2.33. The number of anilines is 1. The van der Waals surface area contributed by atoms with Crippen molar-refractivity contribution in [1.29, 1.82) is 0 Å². The largest absolute Gasteiger partial charge is 0.496 e. The zero-order valence-electron chi connectivity index (χ0n) is 15.7. The first-order chi connectivity index (χ1) is 13.3. The van der Waals surface area contributed by atoms with Crippen molar-refractivity contribution >= 4 is 29.3 Å². The molecular formula is C20H20N2O6. The Morgan fingerprint density at radius 2 is 1.96 bits per heavy atom. The molecule has 0 aliphatic rings. The summed E-state index contributed by atoms with van der Waals surface area (Å²) in [4.78, 5) is 34.7. The first-order valence-electron chi connectivity index (χ1n) is 8.39. The Hall–Kier alpha value is -3.68. The number of methoxy groups -OCH3 is 1. The minimum atomic E-state index is -1.14. The monoisotopic (exact) mass is 384 g/mol. The van der Waals surface area contributed by atoms with Crippen LogP contribution in [0.3, 0.4) is 0 Å². The third kappa shape index (κ3) is 5.66. The number of nitro benzene ring substituents is 1. The lowest BCUT2D eigenvalue weighted by atomic mass is 10.1. The molecule has 0 aliphatic carbocycles. The number of ether oxygens (including phenoxy) is 2. The summed E-state index contributed by atoms with van der Waals surface area (Å²) in [6.45, 7) is 3.31. The van der Waals surface area contributed by atoms with Crippen LogP contribution in [-0.4, -0.2) is 30.0 Å². The number of nitro groups is 1. The van der Waals surface area contributed by atoms with Crippen LogP contribution < -0.4 is 10.1 Å². The lowest BCUT2D eigenvalue weighted by Gasteiger charge is -2.13. The van der Waals surface area contributed by atoms with E-state index in [-0.39, 0.29) is 17.1 Å². The smallest absolute Gasteiger partial charge is 0.331 e. The topological polar surface area (TPSA) is 108 Å². The van der Waals surface area contributed by atoms with Crippen molar-refractivity contribution in [2.45, 2.75) is 20.0 Å². The van der Waals surface area contributed by atoms with Crippen LogP contribution in [0.1, 0.15) is 18.1 Å². The molecule has 1 N–H and O–H groups in total. The van der Waals surface area contributed by atoms with Gasteiger partial charge in [0.15, 0.2) is 6.10 Å². The molecule has 0 bridgehead atoms. The average molecular weight is 384 g/mol. The number of hydrogen-bond donors (Lipinski definition) is 1. The van der Waals surface area contributed by atoms with Crippen molar-refractivity contribution < 1.29 is 24.0 Å². The number of nitrogens with zero attached hydrogens (tertiary/aromatic N) is 1. The van der Waals surface area contributed by atoms with Gasteiger partial charge in [-0.25, -0.2) is 4.79 Å². The van der Waals surface area contributed by atoms with E-state index in [1.54, 1.807) is 6.08 Å². The molecule has 2 rings (SSSR count). The molecule has 0 saturated heterocycles. The highest BCUT2D eigenvalue weighted by molar-refractivity contribution is 5.98. The second-order valence-corrected chi connectivity index (χ2v) is 5.96. The first-order valence-corrected chi connectivity index (χ1v) is 8.39. The number of hydrogen-bond acceptors (Lipinski definition) is 6. The average Bonchev–Trinajstić information content (AvgIpc) is 2.66. The summed E-state index contributed by atoms with van der Waals surface area (Å²) in [6, 6.07) is 11.5. The summed E-state index contributed by atoms with van der Waals surface area (Å²) in [7, 11) is 1.38. The number of amides is 1. The fourth-order valence-corrected chi connectivity index (χ4v) is 2.33. The van der Waals surface area contributed by atoms with Crippen LogP contribution in [-0.2, 0) is 14.3 Å². The molecule has 2 aromatic rings. The first kappa shape index (κ1) is 20.6. The van der Waals surface area contributed by atoms with Crippen molar-refractivity contribution in [3.63, 3.8) is 0 Å². The predicted molar refractivity (Wildman–Crippen MR) is 104 cm³/mol. The predicted octanol–water partition coefficient (Wildman–Crippen LogP) is 3.50. The van der Waals surface area contributed by atoms with Gasteiger partial charge in [-0.05, 0) is 37.6 Å². The van der Waals surface area contributed by atoms with Crippen molar-refractivity contribution in [1.82, 2.24) is 0 Å². The van der Waals surface area contributed by atoms with Crippen LogP contribution >= 0.6 is 0 Å². The maximum absolute atomic E-state index is 12.2. The van der Waals surface area contributed by atoms with Crippen molar-refractivity contribution in [3.05, 3.63) is 69.8 Å². The third-order valence-corrected chi connectivity index (χ3v) is 3.78. The highest BCUT2D eigenvalue weighted by Gasteiger charge is 2.22. The van der Waals surface area contributed by atoms with Crippen LogP contribution in [0.15, 0.2) is 48.5 Å². The zero-order chi connectivity index (χ0) is 20.7. The molecule has 8 heteroatoms. The molecule has 0 fully saturated rings. The van der Waals surface area contributed by atoms with Gasteiger partial charge < -0.3 is 14.8 Å². The van der Waals surface area contributed by atoms with Gasteiger partial charge in [0.2, 0.25) is 0 Å². The van der Waals surface area contributed by atoms with Gasteiger partial charge in [0, 0.05) is 6.08 Å². The molecule has 2 aromatic carbocycles. The van der Waals surface area contributed by atoms with E-state index in [1.807, 2.05) is 31.2 Å². The van der Waals surface area contributed by atoms with E-state index in [9.17, 15) is 19.7 Å². The molecule has 8 nitrogen and oxygen atoms in total. The Balaban J connectivity index is 2.01. The summed E-state index contributed by atoms with van der Waals surface area (Å²) in [5.41, 5.74) is 1.52. The number of aryl methyl sites for hydroxylation is 1. The van der Waals surface area contributed by atoms with E-state index in [2.05, 4.69) is 5.32 Å². The minimum absolute atomic E-state index is 0.0194. The van der Waals surface area contributed by atoms with Crippen LogP contribution in [0.5, 0.6) is 5.75 Å². The van der Waals surface area contributed by atoms with Gasteiger partial charge in [-0.2, -0.15) is 0 Å². The molecule has 0 aromatic heterocycles. The molecule has 0 spiro atoms. The van der Waals surface area contributed by atoms with Gasteiger partial charge >= 0.3 is 5.97 Å². The number of esters is 1. The zero-order valence-corrected chi connectivity index (χ0v) is 15.7. The minimum Gasteiger partial charge on any atom is -0.496 e. The molecule has 0 saturated carbocycles. The fraction of sp³-hybridized carbons (Fsp3) is 0.200. The van der Waals surface area contributed by atoms with Gasteiger partial charge in [0.05, 0.1) is 18.1 Å². The van der Waals surface area contributed by atoms with Crippen molar-refractivity contribution in [3.8, 4) is 5.75 Å². The van der Waals surface area contributed by atoms with Gasteiger partial charge in [0.1, 0.15) is 11.4 Å². The number of carbonyl (C=O) groups is 2. The standard InChI is InChI=1S/C20H20N2O6/c1-13-5-4-6-15(11-13)7-10-19(23)28-14(2)20(24)21-17-9-8-16(27-3)12-18(17)22(25)26/h4-12,14H,1-3H3,(H,21,24)/b10-7+/t14-/m1/s1. The number of rotatable bonds is 7. The third-order valence-electron chi connectivity index (χ3n) is 3.78. The maximum atomic E-state index is 12.2. The lowest BCUT2D eigenvalue weighted by Crippen LogP contribution is -2.29. The van der Waals surface area contributed by atoms with E-state index >= 15 is 0 Å². The number of nitrogens with one attached hydrogen (secondary N) is 1. The molecular weight excluding hydrogens is 364 g/mol. The molecule has 0 radical (unpaired) electrons. The SMILES string of the molecule is COc1ccc(NC(=O)[C@@H](C)OC(=O)/C=C/c2cccc(C)c2)c([N+](=O)[O-])c1. The van der Waals surface area contributed by atoms with Crippen LogP contribution in [0.4, 0.5) is 11.4 Å².